The van der Waals surface area contributed by atoms with Gasteiger partial charge >= 0.3 is 0 Å². The van der Waals surface area contributed by atoms with Crippen LogP contribution in [0, 0.1) is 0 Å². The molecule has 0 aliphatic carbocycles. The normalized spacial score (nSPS) is 32.9. The molecule has 2 aliphatic heterocycles. The van der Waals surface area contributed by atoms with Crippen LogP contribution in [0.25, 0.3) is 0 Å². The number of nitrogens with one attached hydrogen (secondary N) is 1. The van der Waals surface area contributed by atoms with E-state index in [0.717, 1.165) is 19.5 Å². The van der Waals surface area contributed by atoms with E-state index in [-0.39, 0.29) is 11.9 Å². The van der Waals surface area contributed by atoms with Gasteiger partial charge in [-0.05, 0) is 39.9 Å². The molecule has 4 nitrogen and oxygen atoms in total. The van der Waals surface area contributed by atoms with Gasteiger partial charge in [-0.15, -0.1) is 0 Å². The highest BCUT2D eigenvalue weighted by Gasteiger charge is 2.33. The van der Waals surface area contributed by atoms with E-state index in [1.54, 1.807) is 0 Å². The molecule has 2 heterocycles. The summed E-state index contributed by atoms with van der Waals surface area (Å²) in [5.41, 5.74) is 0. The topological polar surface area (TPSA) is 35.6 Å². The minimum Gasteiger partial charge on any atom is -0.340 e. The Balaban J connectivity index is 1.87. The van der Waals surface area contributed by atoms with Crippen LogP contribution in [-0.4, -0.2) is 61.5 Å². The Bertz CT molecular complexity index is 244. The van der Waals surface area contributed by atoms with Crippen molar-refractivity contribution < 1.29 is 4.79 Å². The fraction of sp³-hybridized carbons (Fsp3) is 0.909. The van der Waals surface area contributed by atoms with Crippen molar-refractivity contribution in [3.63, 3.8) is 0 Å². The molecule has 0 saturated carbocycles. The third-order valence-electron chi connectivity index (χ3n) is 3.75. The van der Waals surface area contributed by atoms with Gasteiger partial charge in [-0.3, -0.25) is 4.79 Å². The second-order valence-electron chi connectivity index (χ2n) is 4.69. The molecular weight excluding hydrogens is 190 g/mol. The second kappa shape index (κ2) is 4.49. The fourth-order valence-electron chi connectivity index (χ4n) is 2.65. The van der Waals surface area contributed by atoms with Gasteiger partial charge in [-0.2, -0.15) is 0 Å². The largest absolute Gasteiger partial charge is 0.340 e. The molecular formula is C11H21N3O. The Hall–Kier alpha value is -0.610. The Morgan fingerprint density at radius 3 is 2.73 bits per heavy atom. The fourth-order valence-corrected chi connectivity index (χ4v) is 2.65. The van der Waals surface area contributed by atoms with Gasteiger partial charge in [0.1, 0.15) is 0 Å². The third-order valence-corrected chi connectivity index (χ3v) is 3.75. The molecule has 4 heteroatoms. The minimum atomic E-state index is 0.0664. The van der Waals surface area contributed by atoms with Gasteiger partial charge in [0.05, 0.1) is 6.04 Å². The lowest BCUT2D eigenvalue weighted by Crippen LogP contribution is -2.42. The van der Waals surface area contributed by atoms with Gasteiger partial charge in [0, 0.05) is 19.1 Å². The Morgan fingerprint density at radius 2 is 2.20 bits per heavy atom. The number of hydrogen-bond acceptors (Lipinski definition) is 3. The minimum absolute atomic E-state index is 0.0664. The van der Waals surface area contributed by atoms with Crippen molar-refractivity contribution in [2.45, 2.75) is 31.3 Å². The number of carbonyl (C=O) groups is 1. The molecule has 2 rings (SSSR count). The van der Waals surface area contributed by atoms with Crippen molar-refractivity contribution in [2.24, 2.45) is 0 Å². The first-order valence-corrected chi connectivity index (χ1v) is 5.88. The number of rotatable bonds is 3. The maximum atomic E-state index is 11.9. The summed E-state index contributed by atoms with van der Waals surface area (Å²) in [6, 6.07) is 0.654. The van der Waals surface area contributed by atoms with E-state index >= 15 is 0 Å². The van der Waals surface area contributed by atoms with Crippen LogP contribution >= 0.6 is 0 Å². The molecule has 15 heavy (non-hydrogen) atoms. The average molecular weight is 211 g/mol. The summed E-state index contributed by atoms with van der Waals surface area (Å²) < 4.78 is 0. The highest BCUT2D eigenvalue weighted by molar-refractivity contribution is 5.83. The van der Waals surface area contributed by atoms with Crippen molar-refractivity contribution in [3.05, 3.63) is 0 Å². The molecule has 2 atom stereocenters. The molecule has 0 radical (unpaired) electrons. The lowest BCUT2D eigenvalue weighted by molar-refractivity contribution is -0.129. The van der Waals surface area contributed by atoms with E-state index in [0.29, 0.717) is 6.04 Å². The van der Waals surface area contributed by atoms with Crippen LogP contribution in [0.2, 0.25) is 0 Å². The van der Waals surface area contributed by atoms with Crippen molar-refractivity contribution in [2.75, 3.05) is 33.7 Å². The predicted molar refractivity (Wildman–Crippen MR) is 59.7 cm³/mol. The first kappa shape index (κ1) is 10.9. The monoisotopic (exact) mass is 211 g/mol. The molecule has 2 saturated heterocycles. The zero-order valence-electron chi connectivity index (χ0n) is 9.70. The summed E-state index contributed by atoms with van der Waals surface area (Å²) in [5.74, 6) is 0.290. The highest BCUT2D eigenvalue weighted by Crippen LogP contribution is 2.19. The lowest BCUT2D eigenvalue weighted by atomic mass is 10.2. The standard InChI is InChI=1S/C11H21N3O/c1-12-10-5-7-14(11(10)15)8-9-4-3-6-13(9)2/h9-10,12H,3-8H2,1-2H3. The summed E-state index contributed by atoms with van der Waals surface area (Å²) in [5, 5.41) is 3.07. The van der Waals surface area contributed by atoms with Crippen LogP contribution in [0.5, 0.6) is 0 Å². The van der Waals surface area contributed by atoms with Gasteiger partial charge in [-0.1, -0.05) is 0 Å². The number of carbonyl (C=O) groups excluding carboxylic acids is 1. The van der Waals surface area contributed by atoms with E-state index in [4.69, 9.17) is 0 Å². The maximum Gasteiger partial charge on any atom is 0.239 e. The van der Waals surface area contributed by atoms with E-state index in [2.05, 4.69) is 17.3 Å². The van der Waals surface area contributed by atoms with E-state index in [1.807, 2.05) is 11.9 Å². The van der Waals surface area contributed by atoms with Gasteiger partial charge < -0.3 is 15.1 Å². The van der Waals surface area contributed by atoms with Crippen LogP contribution < -0.4 is 5.32 Å². The average Bonchev–Trinajstić information content (AvgIpc) is 2.77. The molecule has 2 unspecified atom stereocenters. The van der Waals surface area contributed by atoms with Gasteiger partial charge in [0.15, 0.2) is 0 Å². The Labute approximate surface area is 91.6 Å². The molecule has 0 aromatic heterocycles. The predicted octanol–water partition coefficient (Wildman–Crippen LogP) is -0.0991. The second-order valence-corrected chi connectivity index (χ2v) is 4.69. The quantitative estimate of drug-likeness (QED) is 0.708. The highest BCUT2D eigenvalue weighted by atomic mass is 16.2. The summed E-state index contributed by atoms with van der Waals surface area (Å²) in [4.78, 5) is 16.3. The SMILES string of the molecule is CNC1CCN(CC2CCCN2C)C1=O. The lowest BCUT2D eigenvalue weighted by Gasteiger charge is -2.25. The van der Waals surface area contributed by atoms with Crippen molar-refractivity contribution in [1.29, 1.82) is 0 Å². The smallest absolute Gasteiger partial charge is 0.239 e. The van der Waals surface area contributed by atoms with E-state index in [1.165, 1.54) is 19.4 Å². The molecule has 2 fully saturated rings. The molecule has 86 valence electrons. The van der Waals surface area contributed by atoms with Crippen molar-refractivity contribution in [3.8, 4) is 0 Å². The molecule has 0 aromatic rings. The van der Waals surface area contributed by atoms with Crippen LogP contribution in [0.15, 0.2) is 0 Å². The maximum absolute atomic E-state index is 11.9. The summed E-state index contributed by atoms with van der Waals surface area (Å²) in [6.07, 6.45) is 3.48. The molecule has 0 aromatic carbocycles. The van der Waals surface area contributed by atoms with Crippen LogP contribution in [0.1, 0.15) is 19.3 Å². The molecule has 0 bridgehead atoms. The molecule has 1 N–H and O–H groups in total. The summed E-state index contributed by atoms with van der Waals surface area (Å²) in [6.45, 7) is 3.03. The third kappa shape index (κ3) is 2.16. The number of amides is 1. The molecule has 0 spiro atoms. The van der Waals surface area contributed by atoms with E-state index in [9.17, 15) is 4.79 Å². The van der Waals surface area contributed by atoms with Crippen LogP contribution in [0.3, 0.4) is 0 Å². The first-order valence-electron chi connectivity index (χ1n) is 5.88. The van der Waals surface area contributed by atoms with Gasteiger partial charge in [-0.25, -0.2) is 0 Å². The van der Waals surface area contributed by atoms with E-state index < -0.39 is 0 Å². The summed E-state index contributed by atoms with van der Waals surface area (Å²) in [7, 11) is 4.03. The van der Waals surface area contributed by atoms with Crippen molar-refractivity contribution >= 4 is 5.91 Å². The summed E-state index contributed by atoms with van der Waals surface area (Å²) >= 11 is 0. The van der Waals surface area contributed by atoms with Gasteiger partial charge in [0.2, 0.25) is 5.91 Å². The molecule has 2 aliphatic rings. The van der Waals surface area contributed by atoms with Gasteiger partial charge in [0.25, 0.3) is 0 Å². The van der Waals surface area contributed by atoms with Crippen molar-refractivity contribution in [1.82, 2.24) is 15.1 Å². The zero-order chi connectivity index (χ0) is 10.8. The number of likely N-dealkylation sites (N-methyl/N-ethyl adjacent to an activating group) is 2. The van der Waals surface area contributed by atoms with Crippen LogP contribution in [0.4, 0.5) is 0 Å². The first-order chi connectivity index (χ1) is 7.22. The Kier molecular flexibility index (Phi) is 3.26. The zero-order valence-corrected chi connectivity index (χ0v) is 9.70. The number of hydrogen-bond donors (Lipinski definition) is 1. The molecule has 1 amide bonds. The number of likely N-dealkylation sites (tertiary alicyclic amines) is 2. The Morgan fingerprint density at radius 1 is 1.40 bits per heavy atom. The number of nitrogens with zero attached hydrogens (tertiary/aromatic N) is 2. The van der Waals surface area contributed by atoms with Crippen LogP contribution in [-0.2, 0) is 4.79 Å².